The molecule has 84 valence electrons. The van der Waals surface area contributed by atoms with Crippen LogP contribution in [0.5, 0.6) is 0 Å². The lowest BCUT2D eigenvalue weighted by Crippen LogP contribution is -1.99. The van der Waals surface area contributed by atoms with Crippen LogP contribution in [0.1, 0.15) is 17.0 Å². The number of nitrogens with zero attached hydrogens (tertiary/aromatic N) is 3. The predicted molar refractivity (Wildman–Crippen MR) is 69.4 cm³/mol. The van der Waals surface area contributed by atoms with Gasteiger partial charge in [0.05, 0.1) is 0 Å². The van der Waals surface area contributed by atoms with Gasteiger partial charge in [-0.15, -0.1) is 0 Å². The van der Waals surface area contributed by atoms with Crippen molar-refractivity contribution >= 4 is 15.9 Å². The minimum absolute atomic E-state index is 0.440. The van der Waals surface area contributed by atoms with Gasteiger partial charge in [-0.2, -0.15) is 5.26 Å². The van der Waals surface area contributed by atoms with Gasteiger partial charge in [-0.25, -0.2) is 9.97 Å². The van der Waals surface area contributed by atoms with Crippen LogP contribution in [0.25, 0.3) is 11.4 Å². The summed E-state index contributed by atoms with van der Waals surface area (Å²) in [5.41, 5.74) is 3.03. The summed E-state index contributed by atoms with van der Waals surface area (Å²) in [7, 11) is 0. The number of hydrogen-bond donors (Lipinski definition) is 0. The van der Waals surface area contributed by atoms with E-state index in [0.717, 1.165) is 21.3 Å². The summed E-state index contributed by atoms with van der Waals surface area (Å²) < 4.78 is 1.01. The Morgan fingerprint density at radius 1 is 1.12 bits per heavy atom. The number of nitriles is 1. The van der Waals surface area contributed by atoms with Gasteiger partial charge < -0.3 is 0 Å². The minimum atomic E-state index is 0.440. The van der Waals surface area contributed by atoms with Crippen LogP contribution in [0.2, 0.25) is 0 Å². The largest absolute Gasteiger partial charge is 0.233 e. The third-order valence-corrected chi connectivity index (χ3v) is 3.13. The van der Waals surface area contributed by atoms with E-state index in [1.54, 1.807) is 0 Å². The number of halogens is 1. The smallest absolute Gasteiger partial charge is 0.160 e. The van der Waals surface area contributed by atoms with Crippen LogP contribution in [0.4, 0.5) is 0 Å². The van der Waals surface area contributed by atoms with E-state index in [2.05, 4.69) is 32.0 Å². The maximum absolute atomic E-state index is 9.01. The zero-order valence-corrected chi connectivity index (χ0v) is 11.1. The van der Waals surface area contributed by atoms with Crippen LogP contribution < -0.4 is 0 Å². The first-order valence-corrected chi connectivity index (χ1v) is 5.92. The minimum Gasteiger partial charge on any atom is -0.233 e. The fourth-order valence-corrected chi connectivity index (χ4v) is 1.73. The first-order chi connectivity index (χ1) is 8.11. The molecule has 17 heavy (non-hydrogen) atoms. The SMILES string of the molecule is Cc1nc(-c2ccc(Br)cc2)nc(C#N)c1C. The molecule has 0 spiro atoms. The van der Waals surface area contributed by atoms with E-state index in [1.807, 2.05) is 38.1 Å². The zero-order chi connectivity index (χ0) is 12.4. The topological polar surface area (TPSA) is 49.6 Å². The number of aromatic nitrogens is 2. The molecule has 0 atom stereocenters. The molecular weight excluding hydrogens is 278 g/mol. The second-order valence-electron chi connectivity index (χ2n) is 3.72. The number of aryl methyl sites for hydroxylation is 1. The van der Waals surface area contributed by atoms with E-state index in [1.165, 1.54) is 0 Å². The molecule has 0 radical (unpaired) electrons. The lowest BCUT2D eigenvalue weighted by Gasteiger charge is -2.05. The van der Waals surface area contributed by atoms with E-state index in [9.17, 15) is 0 Å². The molecule has 0 aliphatic carbocycles. The highest BCUT2D eigenvalue weighted by atomic mass is 79.9. The molecule has 0 saturated carbocycles. The van der Waals surface area contributed by atoms with Gasteiger partial charge in [0.1, 0.15) is 11.8 Å². The van der Waals surface area contributed by atoms with Gasteiger partial charge in [-0.3, -0.25) is 0 Å². The van der Waals surface area contributed by atoms with Crippen molar-refractivity contribution in [3.05, 3.63) is 45.7 Å². The molecule has 0 saturated heterocycles. The second kappa shape index (κ2) is 4.64. The van der Waals surface area contributed by atoms with Crippen LogP contribution >= 0.6 is 15.9 Å². The third-order valence-electron chi connectivity index (χ3n) is 2.60. The molecule has 0 aliphatic rings. The fourth-order valence-electron chi connectivity index (χ4n) is 1.47. The molecule has 2 rings (SSSR count). The van der Waals surface area contributed by atoms with Crippen molar-refractivity contribution in [2.75, 3.05) is 0 Å². The molecule has 3 nitrogen and oxygen atoms in total. The van der Waals surface area contributed by atoms with E-state index < -0.39 is 0 Å². The van der Waals surface area contributed by atoms with E-state index in [4.69, 9.17) is 5.26 Å². The normalized spacial score (nSPS) is 10.0. The van der Waals surface area contributed by atoms with Gasteiger partial charge in [-0.05, 0) is 26.0 Å². The summed E-state index contributed by atoms with van der Waals surface area (Å²) in [4.78, 5) is 8.67. The first-order valence-electron chi connectivity index (χ1n) is 5.13. The molecule has 2 aromatic rings. The maximum Gasteiger partial charge on any atom is 0.160 e. The molecule has 1 heterocycles. The Hall–Kier alpha value is -1.73. The van der Waals surface area contributed by atoms with E-state index >= 15 is 0 Å². The molecule has 1 aromatic carbocycles. The van der Waals surface area contributed by atoms with Gasteiger partial charge in [0.15, 0.2) is 5.82 Å². The van der Waals surface area contributed by atoms with Crippen molar-refractivity contribution < 1.29 is 0 Å². The van der Waals surface area contributed by atoms with Crippen molar-refractivity contribution in [1.29, 1.82) is 5.26 Å². The Bertz CT molecular complexity index is 597. The fraction of sp³-hybridized carbons (Fsp3) is 0.154. The predicted octanol–water partition coefficient (Wildman–Crippen LogP) is 3.39. The van der Waals surface area contributed by atoms with Gasteiger partial charge in [-0.1, -0.05) is 28.1 Å². The summed E-state index contributed by atoms with van der Waals surface area (Å²) in [6.45, 7) is 3.75. The lowest BCUT2D eigenvalue weighted by molar-refractivity contribution is 1.05. The van der Waals surface area contributed by atoms with Crippen LogP contribution in [0.3, 0.4) is 0 Å². The Morgan fingerprint density at radius 2 is 1.76 bits per heavy atom. The second-order valence-corrected chi connectivity index (χ2v) is 4.64. The van der Waals surface area contributed by atoms with Crippen LogP contribution in [-0.2, 0) is 0 Å². The summed E-state index contributed by atoms with van der Waals surface area (Å²) >= 11 is 3.38. The third kappa shape index (κ3) is 2.34. The van der Waals surface area contributed by atoms with Crippen LogP contribution in [0.15, 0.2) is 28.7 Å². The Balaban J connectivity index is 2.57. The van der Waals surface area contributed by atoms with Crippen molar-refractivity contribution in [3.63, 3.8) is 0 Å². The van der Waals surface area contributed by atoms with Gasteiger partial charge >= 0.3 is 0 Å². The van der Waals surface area contributed by atoms with Crippen molar-refractivity contribution in [1.82, 2.24) is 9.97 Å². The number of rotatable bonds is 1. The molecule has 0 bridgehead atoms. The lowest BCUT2D eigenvalue weighted by atomic mass is 10.1. The van der Waals surface area contributed by atoms with Crippen LogP contribution in [-0.4, -0.2) is 9.97 Å². The number of benzene rings is 1. The zero-order valence-electron chi connectivity index (χ0n) is 9.53. The summed E-state index contributed by atoms with van der Waals surface area (Å²) in [5, 5.41) is 9.01. The van der Waals surface area contributed by atoms with Gasteiger partial charge in [0.2, 0.25) is 0 Å². The van der Waals surface area contributed by atoms with Crippen molar-refractivity contribution in [2.24, 2.45) is 0 Å². The monoisotopic (exact) mass is 287 g/mol. The molecular formula is C13H10BrN3. The van der Waals surface area contributed by atoms with Crippen LogP contribution in [0, 0.1) is 25.2 Å². The molecule has 0 aliphatic heterocycles. The average molecular weight is 288 g/mol. The standard InChI is InChI=1S/C13H10BrN3/c1-8-9(2)16-13(17-12(8)7-15)10-3-5-11(14)6-4-10/h3-6H,1-2H3. The van der Waals surface area contributed by atoms with Gasteiger partial charge in [0, 0.05) is 21.3 Å². The molecule has 0 unspecified atom stereocenters. The van der Waals surface area contributed by atoms with E-state index in [0.29, 0.717) is 11.5 Å². The number of hydrogen-bond acceptors (Lipinski definition) is 3. The Morgan fingerprint density at radius 3 is 2.35 bits per heavy atom. The van der Waals surface area contributed by atoms with Gasteiger partial charge in [0.25, 0.3) is 0 Å². The average Bonchev–Trinajstić information content (AvgIpc) is 2.33. The highest BCUT2D eigenvalue weighted by molar-refractivity contribution is 9.10. The molecule has 0 amide bonds. The first kappa shape index (κ1) is 11.7. The Labute approximate surface area is 108 Å². The van der Waals surface area contributed by atoms with Crippen molar-refractivity contribution in [2.45, 2.75) is 13.8 Å². The summed E-state index contributed by atoms with van der Waals surface area (Å²) in [5.74, 6) is 0.595. The molecule has 0 fully saturated rings. The Kier molecular flexibility index (Phi) is 3.21. The molecule has 1 aromatic heterocycles. The summed E-state index contributed by atoms with van der Waals surface area (Å²) in [6, 6.07) is 9.81. The quantitative estimate of drug-likeness (QED) is 0.808. The molecule has 4 heteroatoms. The maximum atomic E-state index is 9.01. The van der Waals surface area contributed by atoms with E-state index in [-0.39, 0.29) is 0 Å². The summed E-state index contributed by atoms with van der Waals surface area (Å²) in [6.07, 6.45) is 0. The highest BCUT2D eigenvalue weighted by Gasteiger charge is 2.08. The highest BCUT2D eigenvalue weighted by Crippen LogP contribution is 2.20. The molecule has 0 N–H and O–H groups in total. The van der Waals surface area contributed by atoms with Crippen molar-refractivity contribution in [3.8, 4) is 17.5 Å².